The number of primary amides is 1. The number of hydrogen-bond acceptors (Lipinski definition) is 5. The first kappa shape index (κ1) is 29.6. The number of anilines is 1. The number of rotatable bonds is 10. The molecule has 9 nitrogen and oxygen atoms in total. The molecule has 0 heterocycles. The Kier molecular flexibility index (Phi) is 8.95. The van der Waals surface area contributed by atoms with E-state index in [0.29, 0.717) is 24.1 Å². The van der Waals surface area contributed by atoms with Gasteiger partial charge in [-0.1, -0.05) is 60.2 Å². The highest BCUT2D eigenvalue weighted by atomic mass is 16.6. The van der Waals surface area contributed by atoms with Gasteiger partial charge in [-0.2, -0.15) is 0 Å². The Bertz CT molecular complexity index is 1440. The lowest BCUT2D eigenvalue weighted by Gasteiger charge is -2.34. The third-order valence-electron chi connectivity index (χ3n) is 6.76. The number of nitrogens with zero attached hydrogens (tertiary/aromatic N) is 1. The van der Waals surface area contributed by atoms with Crippen LogP contribution >= 0.6 is 0 Å². The van der Waals surface area contributed by atoms with Crippen molar-refractivity contribution in [3.63, 3.8) is 0 Å². The fourth-order valence-corrected chi connectivity index (χ4v) is 4.80. The van der Waals surface area contributed by atoms with Gasteiger partial charge in [0, 0.05) is 18.2 Å². The van der Waals surface area contributed by atoms with E-state index in [1.54, 1.807) is 25.7 Å². The average molecular weight is 559 g/mol. The lowest BCUT2D eigenvalue weighted by Crippen LogP contribution is -2.53. The third-order valence-corrected chi connectivity index (χ3v) is 6.76. The summed E-state index contributed by atoms with van der Waals surface area (Å²) in [6, 6.07) is 18.7. The molecule has 1 fully saturated rings. The van der Waals surface area contributed by atoms with Crippen molar-refractivity contribution in [1.82, 2.24) is 10.2 Å². The Morgan fingerprint density at radius 1 is 0.976 bits per heavy atom. The Morgan fingerprint density at radius 3 is 2.32 bits per heavy atom. The second-order valence-electron chi connectivity index (χ2n) is 11.5. The number of ether oxygens (including phenoxy) is 1. The van der Waals surface area contributed by atoms with Crippen molar-refractivity contribution in [3.8, 4) is 0 Å². The van der Waals surface area contributed by atoms with Crippen LogP contribution < -0.4 is 16.4 Å². The molecule has 0 spiro atoms. The lowest BCUT2D eigenvalue weighted by molar-refractivity contribution is -0.141. The molecule has 1 aliphatic rings. The van der Waals surface area contributed by atoms with Gasteiger partial charge in [-0.25, -0.2) is 4.79 Å². The van der Waals surface area contributed by atoms with Gasteiger partial charge in [-0.05, 0) is 75.4 Å². The van der Waals surface area contributed by atoms with E-state index in [0.717, 1.165) is 16.3 Å². The highest BCUT2D eigenvalue weighted by Gasteiger charge is 2.44. The zero-order valence-electron chi connectivity index (χ0n) is 24.0. The summed E-state index contributed by atoms with van der Waals surface area (Å²) in [7, 11) is 0. The summed E-state index contributed by atoms with van der Waals surface area (Å²) in [6.45, 7) is 7.07. The number of benzene rings is 3. The van der Waals surface area contributed by atoms with E-state index in [1.807, 2.05) is 73.7 Å². The zero-order chi connectivity index (χ0) is 29.7. The number of aryl methyl sites for hydroxylation is 1. The van der Waals surface area contributed by atoms with Crippen LogP contribution in [0.1, 0.15) is 63.6 Å². The maximum Gasteiger partial charge on any atom is 0.408 e. The van der Waals surface area contributed by atoms with Crippen molar-refractivity contribution in [2.75, 3.05) is 5.32 Å². The minimum Gasteiger partial charge on any atom is -0.444 e. The molecule has 0 aromatic heterocycles. The summed E-state index contributed by atoms with van der Waals surface area (Å²) >= 11 is 0. The first-order chi connectivity index (χ1) is 19.4. The lowest BCUT2D eigenvalue weighted by atomic mass is 9.99. The second kappa shape index (κ2) is 12.4. The van der Waals surface area contributed by atoms with Crippen LogP contribution in [0.3, 0.4) is 0 Å². The van der Waals surface area contributed by atoms with Crippen LogP contribution in [0.2, 0.25) is 0 Å². The number of hydrogen-bond donors (Lipinski definition) is 3. The second-order valence-corrected chi connectivity index (χ2v) is 11.5. The molecular formula is C32H38N4O5. The Hall–Kier alpha value is -4.40. The Labute approximate surface area is 240 Å². The molecule has 2 atom stereocenters. The van der Waals surface area contributed by atoms with Crippen LogP contribution in [-0.4, -0.2) is 46.4 Å². The molecule has 1 aliphatic carbocycles. The van der Waals surface area contributed by atoms with Gasteiger partial charge in [-0.15, -0.1) is 0 Å². The summed E-state index contributed by atoms with van der Waals surface area (Å²) in [4.78, 5) is 54.1. The smallest absolute Gasteiger partial charge is 0.408 e. The van der Waals surface area contributed by atoms with Gasteiger partial charge in [-0.3, -0.25) is 14.4 Å². The molecule has 216 valence electrons. The largest absolute Gasteiger partial charge is 0.444 e. The first-order valence-corrected chi connectivity index (χ1v) is 13.9. The Morgan fingerprint density at radius 2 is 1.68 bits per heavy atom. The van der Waals surface area contributed by atoms with Gasteiger partial charge in [0.2, 0.25) is 11.8 Å². The van der Waals surface area contributed by atoms with Crippen LogP contribution in [0, 0.1) is 6.92 Å². The van der Waals surface area contributed by atoms with Gasteiger partial charge in [0.05, 0.1) is 0 Å². The molecule has 4 amide bonds. The van der Waals surface area contributed by atoms with Gasteiger partial charge >= 0.3 is 6.09 Å². The number of amides is 4. The van der Waals surface area contributed by atoms with Crippen molar-refractivity contribution in [2.24, 2.45) is 5.73 Å². The van der Waals surface area contributed by atoms with Crippen LogP contribution in [-0.2, 0) is 19.1 Å². The third kappa shape index (κ3) is 8.06. The van der Waals surface area contributed by atoms with Gasteiger partial charge in [0.25, 0.3) is 5.91 Å². The van der Waals surface area contributed by atoms with Gasteiger partial charge < -0.3 is 26.0 Å². The summed E-state index contributed by atoms with van der Waals surface area (Å²) in [6.07, 6.45) is 0.495. The SMILES string of the molecule is Cc1cccc(C(C(=O)Nc2ccc3ccccc3c2)N(C(=O)C(CCC(N)=O)NC(=O)OC(C)(C)C)C2CC2)c1. The highest BCUT2D eigenvalue weighted by molar-refractivity contribution is 6.00. The maximum absolute atomic E-state index is 14.2. The number of carbonyl (C=O) groups is 4. The van der Waals surface area contributed by atoms with E-state index < -0.39 is 35.6 Å². The van der Waals surface area contributed by atoms with E-state index in [-0.39, 0.29) is 24.8 Å². The van der Waals surface area contributed by atoms with E-state index in [9.17, 15) is 19.2 Å². The van der Waals surface area contributed by atoms with Gasteiger partial charge in [0.1, 0.15) is 17.7 Å². The predicted octanol–water partition coefficient (Wildman–Crippen LogP) is 4.98. The summed E-state index contributed by atoms with van der Waals surface area (Å²) in [5, 5.41) is 7.65. The molecule has 41 heavy (non-hydrogen) atoms. The number of fused-ring (bicyclic) bond motifs is 1. The number of nitrogens with two attached hydrogens (primary N) is 1. The topological polar surface area (TPSA) is 131 Å². The summed E-state index contributed by atoms with van der Waals surface area (Å²) < 4.78 is 5.39. The molecular weight excluding hydrogens is 520 g/mol. The molecule has 2 unspecified atom stereocenters. The van der Waals surface area contributed by atoms with Crippen LogP contribution in [0.25, 0.3) is 10.8 Å². The van der Waals surface area contributed by atoms with Crippen molar-refractivity contribution in [3.05, 3.63) is 77.9 Å². The molecule has 3 aromatic rings. The molecule has 0 radical (unpaired) electrons. The van der Waals surface area contributed by atoms with E-state index in [4.69, 9.17) is 10.5 Å². The van der Waals surface area contributed by atoms with E-state index in [2.05, 4.69) is 10.6 Å². The van der Waals surface area contributed by atoms with E-state index >= 15 is 0 Å². The van der Waals surface area contributed by atoms with Crippen molar-refractivity contribution < 1.29 is 23.9 Å². The first-order valence-electron chi connectivity index (χ1n) is 13.9. The van der Waals surface area contributed by atoms with E-state index in [1.165, 1.54) is 0 Å². The molecule has 9 heteroatoms. The summed E-state index contributed by atoms with van der Waals surface area (Å²) in [5.74, 6) is -1.45. The van der Waals surface area contributed by atoms with Crippen LogP contribution in [0.15, 0.2) is 66.7 Å². The predicted molar refractivity (Wildman–Crippen MR) is 158 cm³/mol. The molecule has 4 N–H and O–H groups in total. The van der Waals surface area contributed by atoms with Crippen molar-refractivity contribution in [2.45, 2.75) is 77.1 Å². The maximum atomic E-state index is 14.2. The number of alkyl carbamates (subject to hydrolysis) is 1. The molecule has 0 aliphatic heterocycles. The quantitative estimate of drug-likeness (QED) is 0.323. The molecule has 0 bridgehead atoms. The average Bonchev–Trinajstić information content (AvgIpc) is 3.73. The fraction of sp³-hybridized carbons (Fsp3) is 0.375. The normalized spacial score (nSPS) is 14.5. The number of carbonyl (C=O) groups excluding carboxylic acids is 4. The standard InChI is InChI=1S/C32H38N4O5/c1-20-8-7-11-23(18-20)28(29(38)34-24-13-12-21-9-5-6-10-22(21)19-24)36(25-14-15-25)30(39)26(16-17-27(33)37)35-31(40)41-32(2,3)4/h5-13,18-19,25-26,28H,14-17H2,1-4H3,(H2,33,37)(H,34,38)(H,35,40). The van der Waals surface area contributed by atoms with Crippen molar-refractivity contribution >= 4 is 40.3 Å². The van der Waals surface area contributed by atoms with Crippen LogP contribution in [0.4, 0.5) is 10.5 Å². The molecule has 3 aromatic carbocycles. The monoisotopic (exact) mass is 558 g/mol. The molecule has 4 rings (SSSR count). The Balaban J connectivity index is 1.69. The minimum atomic E-state index is -1.11. The van der Waals surface area contributed by atoms with Crippen molar-refractivity contribution in [1.29, 1.82) is 0 Å². The number of nitrogens with one attached hydrogen (secondary N) is 2. The molecule has 0 saturated heterocycles. The van der Waals surface area contributed by atoms with Crippen LogP contribution in [0.5, 0.6) is 0 Å². The highest BCUT2D eigenvalue weighted by Crippen LogP contribution is 2.37. The summed E-state index contributed by atoms with van der Waals surface area (Å²) in [5.41, 5.74) is 6.79. The molecule has 1 saturated carbocycles. The zero-order valence-corrected chi connectivity index (χ0v) is 24.0. The minimum absolute atomic E-state index is 0.0243. The van der Waals surface area contributed by atoms with Gasteiger partial charge in [0.15, 0.2) is 0 Å². The fourth-order valence-electron chi connectivity index (χ4n) is 4.80.